The Hall–Kier alpha value is -5.48. The molecule has 0 aliphatic rings. The molecule has 0 saturated carbocycles. The molecular weight excluding hydrogens is 490 g/mol. The zero-order chi connectivity index (χ0) is 26.2. The molecule has 0 unspecified atom stereocenters. The van der Waals surface area contributed by atoms with Gasteiger partial charge < -0.3 is 9.40 Å². The Kier molecular flexibility index (Phi) is 4.30. The van der Waals surface area contributed by atoms with Crippen molar-refractivity contribution in [2.45, 2.75) is 0 Å². The first-order valence-electron chi connectivity index (χ1n) is 13.4. The number of rotatable bonds is 2. The molecule has 0 saturated heterocycles. The van der Waals surface area contributed by atoms with E-state index in [1.165, 1.54) is 0 Å². The van der Waals surface area contributed by atoms with Crippen LogP contribution in [0.3, 0.4) is 0 Å². The van der Waals surface area contributed by atoms with Gasteiger partial charge in [0.1, 0.15) is 11.2 Å². The SMILES string of the molecule is c1ccc(-c2nc(-c3cccc4oc5c(ccc6[nH]c7ccccc7c65)c34)nc3c2ccc2ccccc23)cc1. The minimum absolute atomic E-state index is 0.690. The van der Waals surface area contributed by atoms with E-state index in [-0.39, 0.29) is 0 Å². The van der Waals surface area contributed by atoms with Crippen molar-refractivity contribution in [3.8, 4) is 22.6 Å². The molecule has 9 rings (SSSR count). The molecule has 40 heavy (non-hydrogen) atoms. The van der Waals surface area contributed by atoms with Crippen LogP contribution in [-0.2, 0) is 0 Å². The van der Waals surface area contributed by atoms with Crippen LogP contribution in [0.5, 0.6) is 0 Å². The normalized spacial score (nSPS) is 12.0. The molecule has 1 N–H and O–H groups in total. The molecule has 0 radical (unpaired) electrons. The van der Waals surface area contributed by atoms with Crippen LogP contribution in [0.25, 0.3) is 88.1 Å². The van der Waals surface area contributed by atoms with Crippen LogP contribution in [0.15, 0.2) is 126 Å². The molecule has 0 aliphatic carbocycles. The highest BCUT2D eigenvalue weighted by molar-refractivity contribution is 6.25. The molecule has 4 nitrogen and oxygen atoms in total. The van der Waals surface area contributed by atoms with Crippen LogP contribution < -0.4 is 0 Å². The van der Waals surface area contributed by atoms with Crippen molar-refractivity contribution < 1.29 is 4.42 Å². The Morgan fingerprint density at radius 1 is 0.525 bits per heavy atom. The lowest BCUT2D eigenvalue weighted by atomic mass is 10.00. The van der Waals surface area contributed by atoms with E-state index in [0.717, 1.165) is 82.2 Å². The highest BCUT2D eigenvalue weighted by atomic mass is 16.3. The second-order valence-electron chi connectivity index (χ2n) is 10.3. The lowest BCUT2D eigenvalue weighted by molar-refractivity contribution is 0.673. The van der Waals surface area contributed by atoms with Gasteiger partial charge in [0.25, 0.3) is 0 Å². The van der Waals surface area contributed by atoms with E-state index in [1.807, 2.05) is 18.2 Å². The van der Waals surface area contributed by atoms with Crippen molar-refractivity contribution in [2.24, 2.45) is 0 Å². The number of H-pyrrole nitrogens is 1. The van der Waals surface area contributed by atoms with Crippen LogP contribution >= 0.6 is 0 Å². The van der Waals surface area contributed by atoms with E-state index in [0.29, 0.717) is 5.82 Å². The summed E-state index contributed by atoms with van der Waals surface area (Å²) < 4.78 is 6.59. The Morgan fingerprint density at radius 3 is 2.25 bits per heavy atom. The van der Waals surface area contributed by atoms with Crippen LogP contribution in [0.1, 0.15) is 0 Å². The lowest BCUT2D eigenvalue weighted by Gasteiger charge is -2.12. The molecule has 0 fully saturated rings. The van der Waals surface area contributed by atoms with Crippen LogP contribution in [-0.4, -0.2) is 15.0 Å². The number of nitrogens with one attached hydrogen (secondary N) is 1. The number of fused-ring (bicyclic) bond motifs is 10. The summed E-state index contributed by atoms with van der Waals surface area (Å²) in [4.78, 5) is 14.0. The quantitative estimate of drug-likeness (QED) is 0.235. The summed E-state index contributed by atoms with van der Waals surface area (Å²) in [7, 11) is 0. The third-order valence-corrected chi connectivity index (χ3v) is 8.01. The monoisotopic (exact) mass is 511 g/mol. The summed E-state index contributed by atoms with van der Waals surface area (Å²) in [5.74, 6) is 0.690. The molecule has 186 valence electrons. The summed E-state index contributed by atoms with van der Waals surface area (Å²) in [6, 6.07) is 41.9. The second-order valence-corrected chi connectivity index (χ2v) is 10.3. The minimum atomic E-state index is 0.690. The molecule has 0 spiro atoms. The van der Waals surface area contributed by atoms with Gasteiger partial charge in [-0.1, -0.05) is 91.0 Å². The average Bonchev–Trinajstić information content (AvgIpc) is 3.59. The molecule has 4 heteroatoms. The fourth-order valence-electron chi connectivity index (χ4n) is 6.20. The second kappa shape index (κ2) is 8.01. The first-order valence-corrected chi connectivity index (χ1v) is 13.4. The van der Waals surface area contributed by atoms with Crippen molar-refractivity contribution in [3.05, 3.63) is 121 Å². The molecule has 3 aromatic heterocycles. The van der Waals surface area contributed by atoms with Gasteiger partial charge in [0.2, 0.25) is 0 Å². The van der Waals surface area contributed by atoms with Crippen LogP contribution in [0.2, 0.25) is 0 Å². The summed E-state index contributed by atoms with van der Waals surface area (Å²) >= 11 is 0. The summed E-state index contributed by atoms with van der Waals surface area (Å²) in [6.45, 7) is 0. The average molecular weight is 512 g/mol. The van der Waals surface area contributed by atoms with E-state index < -0.39 is 0 Å². The smallest absolute Gasteiger partial charge is 0.161 e. The molecule has 9 aromatic rings. The van der Waals surface area contributed by atoms with Gasteiger partial charge in [0, 0.05) is 43.6 Å². The number of aromatic amines is 1. The molecule has 0 bridgehead atoms. The van der Waals surface area contributed by atoms with Gasteiger partial charge in [-0.2, -0.15) is 0 Å². The van der Waals surface area contributed by atoms with E-state index in [1.54, 1.807) is 0 Å². The highest BCUT2D eigenvalue weighted by Crippen LogP contribution is 2.42. The number of para-hydroxylation sites is 1. The van der Waals surface area contributed by atoms with E-state index in [2.05, 4.69) is 108 Å². The maximum atomic E-state index is 6.59. The molecule has 6 aromatic carbocycles. The van der Waals surface area contributed by atoms with Crippen molar-refractivity contribution in [2.75, 3.05) is 0 Å². The summed E-state index contributed by atoms with van der Waals surface area (Å²) in [5, 5.41) is 7.67. The fourth-order valence-corrected chi connectivity index (χ4v) is 6.20. The molecule has 3 heterocycles. The largest absolute Gasteiger partial charge is 0.455 e. The zero-order valence-corrected chi connectivity index (χ0v) is 21.3. The van der Waals surface area contributed by atoms with Crippen molar-refractivity contribution in [1.82, 2.24) is 15.0 Å². The van der Waals surface area contributed by atoms with Gasteiger partial charge in [-0.15, -0.1) is 0 Å². The Bertz CT molecular complexity index is 2430. The first-order chi connectivity index (χ1) is 19.8. The number of furan rings is 1. The van der Waals surface area contributed by atoms with Gasteiger partial charge in [0.15, 0.2) is 5.82 Å². The number of hydrogen-bond donors (Lipinski definition) is 1. The van der Waals surface area contributed by atoms with Gasteiger partial charge >= 0.3 is 0 Å². The number of benzene rings is 6. The highest BCUT2D eigenvalue weighted by Gasteiger charge is 2.20. The van der Waals surface area contributed by atoms with Crippen LogP contribution in [0, 0.1) is 0 Å². The Morgan fingerprint density at radius 2 is 1.32 bits per heavy atom. The molecular formula is C36H21N3O. The van der Waals surface area contributed by atoms with Crippen molar-refractivity contribution in [1.29, 1.82) is 0 Å². The minimum Gasteiger partial charge on any atom is -0.455 e. The zero-order valence-electron chi connectivity index (χ0n) is 21.3. The molecule has 0 amide bonds. The Balaban J connectivity index is 1.41. The van der Waals surface area contributed by atoms with Gasteiger partial charge in [-0.25, -0.2) is 9.97 Å². The molecule has 0 aliphatic heterocycles. The summed E-state index contributed by atoms with van der Waals surface area (Å²) in [6.07, 6.45) is 0. The van der Waals surface area contributed by atoms with Gasteiger partial charge in [0.05, 0.1) is 22.1 Å². The van der Waals surface area contributed by atoms with Gasteiger partial charge in [-0.05, 0) is 35.7 Å². The fraction of sp³-hybridized carbons (Fsp3) is 0. The molecule has 0 atom stereocenters. The summed E-state index contributed by atoms with van der Waals surface area (Å²) in [5.41, 5.74) is 7.77. The predicted molar refractivity (Wildman–Crippen MR) is 165 cm³/mol. The number of hydrogen-bond acceptors (Lipinski definition) is 3. The predicted octanol–water partition coefficient (Wildman–Crippen LogP) is 9.65. The number of aromatic nitrogens is 3. The van der Waals surface area contributed by atoms with E-state index in [9.17, 15) is 0 Å². The topological polar surface area (TPSA) is 54.7 Å². The van der Waals surface area contributed by atoms with Crippen LogP contribution in [0.4, 0.5) is 0 Å². The van der Waals surface area contributed by atoms with Crippen molar-refractivity contribution in [3.63, 3.8) is 0 Å². The third kappa shape index (κ3) is 2.96. The Labute approximate surface area is 228 Å². The maximum absolute atomic E-state index is 6.59. The standard InChI is InChI=1S/C36H21N3O/c1-2-10-22(11-3-1)33-27-18-17-21-9-4-5-12-23(21)34(27)39-36(38-33)26-14-8-16-30-31(26)25-19-20-29-32(35(25)40-30)24-13-6-7-15-28(24)37-29/h1-20,37H. The first kappa shape index (κ1) is 21.5. The van der Waals surface area contributed by atoms with Gasteiger partial charge in [-0.3, -0.25) is 0 Å². The lowest BCUT2D eigenvalue weighted by Crippen LogP contribution is -1.96. The number of nitrogens with zero attached hydrogens (tertiary/aromatic N) is 2. The van der Waals surface area contributed by atoms with E-state index in [4.69, 9.17) is 14.4 Å². The van der Waals surface area contributed by atoms with Crippen molar-refractivity contribution >= 4 is 65.4 Å². The third-order valence-electron chi connectivity index (χ3n) is 8.01. The van der Waals surface area contributed by atoms with E-state index >= 15 is 0 Å². The maximum Gasteiger partial charge on any atom is 0.161 e.